The lowest BCUT2D eigenvalue weighted by Crippen LogP contribution is -2.00. The Bertz CT molecular complexity index is 1980. The minimum absolute atomic E-state index is 0.220. The van der Waals surface area contributed by atoms with Crippen LogP contribution in [0, 0.1) is 44.4 Å². The second kappa shape index (κ2) is 13.4. The van der Waals surface area contributed by atoms with Gasteiger partial charge in [-0.15, -0.1) is 9.81 Å². The molecule has 7 heteroatoms. The van der Waals surface area contributed by atoms with Crippen LogP contribution in [0.3, 0.4) is 0 Å². The second-order valence-electron chi connectivity index (χ2n) is 12.4. The van der Waals surface area contributed by atoms with Crippen molar-refractivity contribution in [2.24, 2.45) is 10.4 Å². The lowest BCUT2D eigenvalue weighted by molar-refractivity contribution is 0.464. The molecule has 5 aromatic rings. The maximum atomic E-state index is 12.4. The molecule has 3 N–H and O–H groups in total. The lowest BCUT2D eigenvalue weighted by atomic mass is 9.90. The molecule has 0 unspecified atom stereocenters. The summed E-state index contributed by atoms with van der Waals surface area (Å²) in [7, 11) is 0. The van der Waals surface area contributed by atoms with Gasteiger partial charge in [0.15, 0.2) is 0 Å². The fraction of sp³-hybridized carbons (Fsp3) is 0.231. The summed E-state index contributed by atoms with van der Waals surface area (Å²) >= 11 is 0. The van der Waals surface area contributed by atoms with Gasteiger partial charge in [0.1, 0.15) is 28.6 Å². The molecule has 0 heterocycles. The largest absolute Gasteiger partial charge is 0.508 e. The molecular weight excluding hydrogens is 576 g/mol. The predicted octanol–water partition coefficient (Wildman–Crippen LogP) is 9.50. The van der Waals surface area contributed by atoms with Crippen LogP contribution in [0.1, 0.15) is 72.3 Å². The zero-order chi connectivity index (χ0) is 33.1. The average molecular weight is 615 g/mol. The third kappa shape index (κ3) is 6.99. The van der Waals surface area contributed by atoms with Crippen molar-refractivity contribution in [1.29, 1.82) is 0 Å². The smallest absolute Gasteiger partial charge is 0.122 e. The number of nitroso groups, excluding NO2 is 2. The first-order chi connectivity index (χ1) is 21.9. The summed E-state index contributed by atoms with van der Waals surface area (Å²) in [4.78, 5) is 24.2. The van der Waals surface area contributed by atoms with Gasteiger partial charge in [-0.1, -0.05) is 66.2 Å². The van der Waals surface area contributed by atoms with E-state index in [0.717, 1.165) is 72.3 Å². The van der Waals surface area contributed by atoms with Crippen LogP contribution in [0.4, 0.5) is 11.4 Å². The lowest BCUT2D eigenvalue weighted by Gasteiger charge is -2.16. The van der Waals surface area contributed by atoms with E-state index in [9.17, 15) is 25.1 Å². The summed E-state index contributed by atoms with van der Waals surface area (Å²) in [6.07, 6.45) is 1.87. The van der Waals surface area contributed by atoms with E-state index in [4.69, 9.17) is 0 Å². The van der Waals surface area contributed by atoms with Crippen molar-refractivity contribution in [3.63, 3.8) is 0 Å². The Kier molecular flexibility index (Phi) is 9.33. The summed E-state index contributed by atoms with van der Waals surface area (Å²) in [6.45, 7) is 9.39. The highest BCUT2D eigenvalue weighted by molar-refractivity contribution is 5.61. The first-order valence-electron chi connectivity index (χ1n) is 15.3. The van der Waals surface area contributed by atoms with E-state index in [-0.39, 0.29) is 17.2 Å². The van der Waals surface area contributed by atoms with Crippen molar-refractivity contribution in [2.75, 3.05) is 0 Å². The van der Waals surface area contributed by atoms with E-state index in [0.29, 0.717) is 37.1 Å². The zero-order valence-electron chi connectivity index (χ0n) is 26.8. The second-order valence-corrected chi connectivity index (χ2v) is 12.4. The maximum Gasteiger partial charge on any atom is 0.122 e. The Morgan fingerprint density at radius 2 is 0.870 bits per heavy atom. The van der Waals surface area contributed by atoms with E-state index in [1.165, 1.54) is 0 Å². The molecule has 234 valence electrons. The first kappa shape index (κ1) is 32.1. The normalized spacial score (nSPS) is 11.1. The summed E-state index contributed by atoms with van der Waals surface area (Å²) in [6, 6.07) is 22.6. The van der Waals surface area contributed by atoms with Crippen LogP contribution in [0.5, 0.6) is 17.2 Å². The van der Waals surface area contributed by atoms with Crippen molar-refractivity contribution in [2.45, 2.75) is 60.3 Å². The van der Waals surface area contributed by atoms with Crippen molar-refractivity contribution in [3.05, 3.63) is 155 Å². The highest BCUT2D eigenvalue weighted by atomic mass is 16.3. The highest BCUT2D eigenvalue weighted by Crippen LogP contribution is 2.35. The molecule has 5 rings (SSSR count). The minimum atomic E-state index is 0.220. The van der Waals surface area contributed by atoms with E-state index in [1.54, 1.807) is 12.1 Å². The van der Waals surface area contributed by atoms with Crippen LogP contribution < -0.4 is 0 Å². The summed E-state index contributed by atoms with van der Waals surface area (Å²) in [5, 5.41) is 37.6. The van der Waals surface area contributed by atoms with Crippen LogP contribution >= 0.6 is 0 Å². The summed E-state index contributed by atoms with van der Waals surface area (Å²) in [5.74, 6) is 0.685. The Hall–Kier alpha value is -5.30. The van der Waals surface area contributed by atoms with Gasteiger partial charge in [-0.2, -0.15) is 0 Å². The molecule has 0 aromatic heterocycles. The number of rotatable bonds is 10. The average Bonchev–Trinajstić information content (AvgIpc) is 2.99. The Labute approximate surface area is 269 Å². The van der Waals surface area contributed by atoms with E-state index >= 15 is 0 Å². The molecule has 0 bridgehead atoms. The predicted molar refractivity (Wildman–Crippen MR) is 183 cm³/mol. The van der Waals surface area contributed by atoms with Crippen LogP contribution in [0.15, 0.2) is 83.2 Å². The van der Waals surface area contributed by atoms with Gasteiger partial charge >= 0.3 is 0 Å². The number of hydrogen-bond donors (Lipinski definition) is 3. The van der Waals surface area contributed by atoms with Gasteiger partial charge in [0.2, 0.25) is 0 Å². The topological polar surface area (TPSA) is 120 Å². The molecule has 0 aliphatic carbocycles. The third-order valence-electron chi connectivity index (χ3n) is 8.57. The number of aryl methyl sites for hydroxylation is 5. The molecule has 0 radical (unpaired) electrons. The quantitative estimate of drug-likeness (QED) is 0.135. The molecule has 0 saturated heterocycles. The first-order valence-corrected chi connectivity index (χ1v) is 15.3. The number of benzene rings is 5. The third-order valence-corrected chi connectivity index (χ3v) is 8.57. The number of aromatic hydroxyl groups is 3. The number of phenolic OH excluding ortho intramolecular Hbond substituents is 3. The maximum absolute atomic E-state index is 12.4. The van der Waals surface area contributed by atoms with Gasteiger partial charge in [0.05, 0.1) is 0 Å². The van der Waals surface area contributed by atoms with Crippen molar-refractivity contribution in [1.82, 2.24) is 0 Å². The van der Waals surface area contributed by atoms with Gasteiger partial charge in [0.25, 0.3) is 0 Å². The molecule has 46 heavy (non-hydrogen) atoms. The van der Waals surface area contributed by atoms with Crippen molar-refractivity contribution < 1.29 is 15.3 Å². The van der Waals surface area contributed by atoms with Crippen LogP contribution in [-0.2, 0) is 25.7 Å². The Morgan fingerprint density at radius 3 is 1.37 bits per heavy atom. The molecule has 0 aliphatic rings. The van der Waals surface area contributed by atoms with Crippen LogP contribution in [0.25, 0.3) is 0 Å². The molecule has 0 amide bonds. The minimum Gasteiger partial charge on any atom is -0.508 e. The molecule has 7 nitrogen and oxygen atoms in total. The summed E-state index contributed by atoms with van der Waals surface area (Å²) < 4.78 is 0. The van der Waals surface area contributed by atoms with Gasteiger partial charge in [0, 0.05) is 6.42 Å². The number of phenols is 3. The highest BCUT2D eigenvalue weighted by Gasteiger charge is 2.17. The molecule has 0 saturated carbocycles. The van der Waals surface area contributed by atoms with Crippen molar-refractivity contribution in [3.8, 4) is 17.2 Å². The van der Waals surface area contributed by atoms with Gasteiger partial charge in [-0.25, -0.2) is 0 Å². The van der Waals surface area contributed by atoms with Gasteiger partial charge in [-0.05, 0) is 143 Å². The Balaban J connectivity index is 1.47. The van der Waals surface area contributed by atoms with E-state index in [2.05, 4.69) is 10.4 Å². The van der Waals surface area contributed by atoms with Crippen LogP contribution in [-0.4, -0.2) is 15.3 Å². The monoisotopic (exact) mass is 614 g/mol. The fourth-order valence-corrected chi connectivity index (χ4v) is 6.33. The molecule has 0 atom stereocenters. The summed E-state index contributed by atoms with van der Waals surface area (Å²) in [5.41, 5.74) is 11.7. The number of nitrogens with zero attached hydrogens (tertiary/aromatic N) is 2. The van der Waals surface area contributed by atoms with Gasteiger partial charge < -0.3 is 15.3 Å². The molecular formula is C39H38N2O5. The van der Waals surface area contributed by atoms with E-state index < -0.39 is 0 Å². The van der Waals surface area contributed by atoms with Gasteiger partial charge in [-0.3, -0.25) is 0 Å². The zero-order valence-corrected chi connectivity index (χ0v) is 26.8. The van der Waals surface area contributed by atoms with Crippen molar-refractivity contribution >= 4 is 11.4 Å². The molecule has 0 fully saturated rings. The number of hydrogen-bond acceptors (Lipinski definition) is 7. The molecule has 0 spiro atoms. The SMILES string of the molecule is Cc1cc(Cc2cc(C)c(O)c(Cc3ccc(O)c(C)c3)c2)c(N=O)c(Cc2cc(C)c(N=O)c(Cc3ccc(O)c(C)c3)c2)c1. The standard InChI is InChI=1S/C39H38N2O5/c1-22-10-31(18-29-14-25(4)37(40-45)33(20-29)16-27-6-8-35(42)23(2)12-27)38(41-46)32(11-22)19-30-15-26(5)39(44)34(21-30)17-28-7-9-36(43)24(3)13-28/h6-15,20-21,42-44H,16-19H2,1-5H3. The van der Waals surface area contributed by atoms with E-state index in [1.807, 2.05) is 95.3 Å². The van der Waals surface area contributed by atoms with Crippen LogP contribution in [0.2, 0.25) is 0 Å². The Morgan fingerprint density at radius 1 is 0.457 bits per heavy atom. The molecule has 0 aliphatic heterocycles. The molecule has 5 aromatic carbocycles. The fourth-order valence-electron chi connectivity index (χ4n) is 6.33.